The summed E-state index contributed by atoms with van der Waals surface area (Å²) >= 11 is 1.41. The number of piperazine rings is 1. The minimum atomic E-state index is -0.996. The van der Waals surface area contributed by atoms with Crippen molar-refractivity contribution >= 4 is 29.7 Å². The number of thioether (sulfide) groups is 1. The summed E-state index contributed by atoms with van der Waals surface area (Å²) in [6, 6.07) is -1.14. The molecule has 0 aromatic heterocycles. The molecule has 0 aromatic carbocycles. The summed E-state index contributed by atoms with van der Waals surface area (Å²) in [5, 5.41) is 11.6. The number of hydrogen-bond acceptors (Lipinski definition) is 4. The zero-order valence-corrected chi connectivity index (χ0v) is 9.90. The van der Waals surface area contributed by atoms with Crippen LogP contribution in [0.25, 0.3) is 0 Å². The summed E-state index contributed by atoms with van der Waals surface area (Å²) < 4.78 is 0. The van der Waals surface area contributed by atoms with E-state index in [-0.39, 0.29) is 18.5 Å². The Morgan fingerprint density at radius 2 is 2.24 bits per heavy atom. The molecule has 3 amide bonds. The monoisotopic (exact) mass is 259 g/mol. The Labute approximate surface area is 102 Å². The fourth-order valence-corrected chi connectivity index (χ4v) is 2.96. The molecule has 0 saturated carbocycles. The maximum absolute atomic E-state index is 12.1. The van der Waals surface area contributed by atoms with E-state index in [1.807, 2.05) is 0 Å². The first-order valence-electron chi connectivity index (χ1n) is 5.22. The van der Waals surface area contributed by atoms with Crippen molar-refractivity contribution in [3.8, 4) is 0 Å². The quantitative estimate of drug-likeness (QED) is 0.630. The van der Waals surface area contributed by atoms with E-state index in [0.29, 0.717) is 24.7 Å². The lowest BCUT2D eigenvalue weighted by Crippen LogP contribution is -2.55. The summed E-state index contributed by atoms with van der Waals surface area (Å²) in [7, 11) is 0. The second-order valence-corrected chi connectivity index (χ2v) is 4.88. The number of hydrogen-bond donors (Lipinski definition) is 2. The van der Waals surface area contributed by atoms with Gasteiger partial charge in [-0.15, -0.1) is 11.8 Å². The van der Waals surface area contributed by atoms with Gasteiger partial charge in [0.25, 0.3) is 0 Å². The first kappa shape index (κ1) is 12.0. The van der Waals surface area contributed by atoms with Crippen LogP contribution in [0.4, 0.5) is 4.79 Å². The predicted octanol–water partition coefficient (Wildman–Crippen LogP) is -1.00. The smallest absolute Gasteiger partial charge is 0.327 e. The van der Waals surface area contributed by atoms with Gasteiger partial charge in [0.05, 0.1) is 5.88 Å². The van der Waals surface area contributed by atoms with E-state index in [4.69, 9.17) is 5.11 Å². The molecule has 2 heterocycles. The normalized spacial score (nSPS) is 24.7. The van der Waals surface area contributed by atoms with Gasteiger partial charge in [-0.2, -0.15) is 0 Å². The molecule has 17 heavy (non-hydrogen) atoms. The molecule has 1 unspecified atom stereocenters. The average Bonchev–Trinajstić information content (AvgIpc) is 2.77. The van der Waals surface area contributed by atoms with E-state index in [1.165, 1.54) is 21.6 Å². The largest absolute Gasteiger partial charge is 0.480 e. The lowest BCUT2D eigenvalue weighted by molar-refractivity contribution is -0.140. The summed E-state index contributed by atoms with van der Waals surface area (Å²) in [6.07, 6.45) is 0. The highest BCUT2D eigenvalue weighted by atomic mass is 32.2. The Morgan fingerprint density at radius 1 is 1.47 bits per heavy atom. The highest BCUT2D eigenvalue weighted by Gasteiger charge is 2.37. The van der Waals surface area contributed by atoms with E-state index >= 15 is 0 Å². The summed E-state index contributed by atoms with van der Waals surface area (Å²) in [5.74, 6) is -0.428. The first-order chi connectivity index (χ1) is 8.09. The summed E-state index contributed by atoms with van der Waals surface area (Å²) in [4.78, 5) is 36.9. The van der Waals surface area contributed by atoms with Gasteiger partial charge in [-0.1, -0.05) is 0 Å². The number of carboxylic acid groups (broad SMARTS) is 1. The number of carboxylic acids is 1. The molecule has 0 radical (unpaired) electrons. The highest BCUT2D eigenvalue weighted by Crippen LogP contribution is 2.22. The van der Waals surface area contributed by atoms with Gasteiger partial charge in [-0.25, -0.2) is 9.59 Å². The van der Waals surface area contributed by atoms with Crippen LogP contribution in [0.2, 0.25) is 0 Å². The zero-order chi connectivity index (χ0) is 12.4. The van der Waals surface area contributed by atoms with Crippen molar-refractivity contribution in [1.29, 1.82) is 0 Å². The van der Waals surface area contributed by atoms with Gasteiger partial charge in [0.15, 0.2) is 0 Å². The Hall–Kier alpha value is -1.44. The second-order valence-electron chi connectivity index (χ2n) is 3.88. The molecule has 0 bridgehead atoms. The van der Waals surface area contributed by atoms with Crippen LogP contribution >= 0.6 is 11.8 Å². The van der Waals surface area contributed by atoms with Crippen molar-refractivity contribution < 1.29 is 19.5 Å². The Kier molecular flexibility index (Phi) is 3.41. The van der Waals surface area contributed by atoms with Crippen molar-refractivity contribution in [1.82, 2.24) is 15.1 Å². The van der Waals surface area contributed by atoms with Gasteiger partial charge >= 0.3 is 12.0 Å². The van der Waals surface area contributed by atoms with E-state index < -0.39 is 12.0 Å². The molecular weight excluding hydrogens is 246 g/mol. The molecular formula is C9H13N3O4S. The molecule has 1 atom stereocenters. The Bertz CT molecular complexity index is 362. The van der Waals surface area contributed by atoms with Crippen LogP contribution in [-0.2, 0) is 9.59 Å². The number of nitrogens with one attached hydrogen (secondary N) is 1. The molecule has 2 saturated heterocycles. The van der Waals surface area contributed by atoms with Crippen molar-refractivity contribution in [3.63, 3.8) is 0 Å². The molecule has 0 aliphatic carbocycles. The molecule has 0 spiro atoms. The number of carbonyl (C=O) groups excluding carboxylic acids is 2. The third-order valence-corrected chi connectivity index (χ3v) is 3.73. The molecule has 8 heteroatoms. The molecule has 2 fully saturated rings. The Balaban J connectivity index is 2.03. The number of carbonyl (C=O) groups is 3. The highest BCUT2D eigenvalue weighted by molar-refractivity contribution is 7.99. The van der Waals surface area contributed by atoms with Crippen LogP contribution in [0.1, 0.15) is 0 Å². The topological polar surface area (TPSA) is 90.0 Å². The minimum Gasteiger partial charge on any atom is -0.480 e. The lowest BCUT2D eigenvalue weighted by atomic mass is 10.3. The van der Waals surface area contributed by atoms with Crippen molar-refractivity contribution in [2.45, 2.75) is 6.04 Å². The number of amides is 3. The Morgan fingerprint density at radius 3 is 2.88 bits per heavy atom. The average molecular weight is 259 g/mol. The van der Waals surface area contributed by atoms with Crippen LogP contribution in [-0.4, -0.2) is 70.1 Å². The molecule has 2 aliphatic heterocycles. The van der Waals surface area contributed by atoms with Crippen molar-refractivity contribution in [3.05, 3.63) is 0 Å². The first-order valence-corrected chi connectivity index (χ1v) is 6.38. The van der Waals surface area contributed by atoms with Gasteiger partial charge in [-0.05, 0) is 0 Å². The van der Waals surface area contributed by atoms with Gasteiger partial charge < -0.3 is 20.2 Å². The molecule has 7 nitrogen and oxygen atoms in total. The maximum Gasteiger partial charge on any atom is 0.327 e. The van der Waals surface area contributed by atoms with Gasteiger partial charge in [0, 0.05) is 18.8 Å². The van der Waals surface area contributed by atoms with Crippen LogP contribution in [0.3, 0.4) is 0 Å². The van der Waals surface area contributed by atoms with Crippen LogP contribution in [0.15, 0.2) is 0 Å². The van der Waals surface area contributed by atoms with Crippen molar-refractivity contribution in [2.24, 2.45) is 0 Å². The van der Waals surface area contributed by atoms with Crippen LogP contribution < -0.4 is 5.32 Å². The van der Waals surface area contributed by atoms with Gasteiger partial charge in [0.2, 0.25) is 5.91 Å². The zero-order valence-electron chi connectivity index (χ0n) is 9.09. The maximum atomic E-state index is 12.1. The fraction of sp³-hybridized carbons (Fsp3) is 0.667. The van der Waals surface area contributed by atoms with E-state index in [0.717, 1.165) is 0 Å². The fourth-order valence-electron chi connectivity index (χ4n) is 1.82. The number of urea groups is 1. The third kappa shape index (κ3) is 2.46. The molecule has 2 aliphatic rings. The molecule has 0 aromatic rings. The van der Waals surface area contributed by atoms with Gasteiger partial charge in [0.1, 0.15) is 12.6 Å². The molecule has 94 valence electrons. The minimum absolute atomic E-state index is 0.00629. The van der Waals surface area contributed by atoms with Crippen LogP contribution in [0.5, 0.6) is 0 Å². The number of rotatable bonds is 1. The third-order valence-electron chi connectivity index (χ3n) is 2.72. The van der Waals surface area contributed by atoms with E-state index in [2.05, 4.69) is 5.32 Å². The van der Waals surface area contributed by atoms with Gasteiger partial charge in [-0.3, -0.25) is 4.79 Å². The number of aliphatic carboxylic acids is 1. The van der Waals surface area contributed by atoms with Crippen LogP contribution in [0, 0.1) is 0 Å². The van der Waals surface area contributed by atoms with Crippen molar-refractivity contribution in [2.75, 3.05) is 31.3 Å². The summed E-state index contributed by atoms with van der Waals surface area (Å²) in [6.45, 7) is 0.855. The predicted molar refractivity (Wildman–Crippen MR) is 60.6 cm³/mol. The lowest BCUT2D eigenvalue weighted by Gasteiger charge is -2.31. The van der Waals surface area contributed by atoms with E-state index in [9.17, 15) is 14.4 Å². The van der Waals surface area contributed by atoms with E-state index in [1.54, 1.807) is 0 Å². The SMILES string of the molecule is O=C1CN(C(=O)N2CSCC2C(=O)O)CCN1. The number of nitrogens with zero attached hydrogens (tertiary/aromatic N) is 2. The molecule has 2 N–H and O–H groups in total. The second kappa shape index (κ2) is 4.82. The summed E-state index contributed by atoms with van der Waals surface area (Å²) in [5.41, 5.74) is 0. The standard InChI is InChI=1S/C9H13N3O4S/c13-7-3-11(2-1-10-7)9(16)12-5-17-4-6(12)8(14)15/h6H,1-5H2,(H,10,13)(H,14,15). The molecule has 2 rings (SSSR count).